The smallest absolute Gasteiger partial charge is 0.305 e. The molecule has 0 aliphatic heterocycles. The highest BCUT2D eigenvalue weighted by Crippen LogP contribution is 2.34. The molecule has 1 aliphatic rings. The molecule has 8 heteroatoms. The topological polar surface area (TPSA) is 130 Å². The molecule has 0 bridgehead atoms. The van der Waals surface area contributed by atoms with Crippen molar-refractivity contribution < 1.29 is 39.2 Å². The summed E-state index contributed by atoms with van der Waals surface area (Å²) in [7, 11) is 0. The number of carbonyl (C=O) groups excluding carboxylic acids is 3. The summed E-state index contributed by atoms with van der Waals surface area (Å²) in [6.07, 6.45) is 18.9. The van der Waals surface area contributed by atoms with Crippen molar-refractivity contribution in [1.29, 1.82) is 0 Å². The summed E-state index contributed by atoms with van der Waals surface area (Å²) < 4.78 is 10.2. The minimum atomic E-state index is -1.03. The Kier molecular flexibility index (Phi) is 23.3. The van der Waals surface area contributed by atoms with Gasteiger partial charge in [-0.3, -0.25) is 14.4 Å². The van der Waals surface area contributed by atoms with E-state index in [2.05, 4.69) is 20.8 Å². The summed E-state index contributed by atoms with van der Waals surface area (Å²) in [4.78, 5) is 36.3. The Hall–Kier alpha value is -1.77. The predicted octanol–water partition coefficient (Wildman–Crippen LogP) is 7.00. The third-order valence-corrected chi connectivity index (χ3v) is 8.95. The van der Waals surface area contributed by atoms with Crippen LogP contribution in [0.15, 0.2) is 12.2 Å². The van der Waals surface area contributed by atoms with Gasteiger partial charge in [0.15, 0.2) is 0 Å². The minimum absolute atomic E-state index is 0.0350. The number of Topliss-reactive ketones (excluding diaryl/α,β-unsaturated/α-hetero) is 1. The van der Waals surface area contributed by atoms with Gasteiger partial charge in [0, 0.05) is 25.2 Å². The molecule has 0 heterocycles. The third-order valence-electron chi connectivity index (χ3n) is 8.95. The van der Waals surface area contributed by atoms with Crippen LogP contribution in [-0.4, -0.2) is 64.6 Å². The van der Waals surface area contributed by atoms with Gasteiger partial charge in [-0.25, -0.2) is 0 Å². The molecule has 1 fully saturated rings. The summed E-state index contributed by atoms with van der Waals surface area (Å²) >= 11 is 0. The van der Waals surface area contributed by atoms with Crippen molar-refractivity contribution in [1.82, 2.24) is 0 Å². The summed E-state index contributed by atoms with van der Waals surface area (Å²) in [6, 6.07) is 0. The number of ether oxygens (including phenoxy) is 2. The molecule has 1 saturated carbocycles. The van der Waals surface area contributed by atoms with Crippen molar-refractivity contribution in [2.75, 3.05) is 13.2 Å². The number of hydrogen-bond donors (Lipinski definition) is 3. The molecule has 1 rings (SSSR count). The van der Waals surface area contributed by atoms with E-state index in [0.29, 0.717) is 19.3 Å². The maximum absolute atomic E-state index is 12.4. The fraction of sp³-hybridized carbons (Fsp3) is 0.861. The molecule has 256 valence electrons. The second-order valence-electron chi connectivity index (χ2n) is 13.0. The SMILES string of the molecule is CCCCC[C@H](O)/C=C/[C@H]1C(=O)C[C@H](O)[C@@H]1CCCCCCC(=O)OC[C@@H](O)COC(=O)CCCCCCCCC(C)CC. The second-order valence-corrected chi connectivity index (χ2v) is 13.0. The van der Waals surface area contributed by atoms with Gasteiger partial charge in [-0.15, -0.1) is 0 Å². The van der Waals surface area contributed by atoms with Crippen molar-refractivity contribution in [3.05, 3.63) is 12.2 Å². The second kappa shape index (κ2) is 25.4. The van der Waals surface area contributed by atoms with E-state index in [9.17, 15) is 29.7 Å². The van der Waals surface area contributed by atoms with E-state index >= 15 is 0 Å². The Morgan fingerprint density at radius 1 is 0.818 bits per heavy atom. The van der Waals surface area contributed by atoms with E-state index in [1.807, 2.05) is 0 Å². The number of aliphatic hydroxyl groups is 3. The molecule has 3 N–H and O–H groups in total. The van der Waals surface area contributed by atoms with E-state index in [4.69, 9.17) is 9.47 Å². The van der Waals surface area contributed by atoms with Crippen LogP contribution < -0.4 is 0 Å². The first-order valence-electron chi connectivity index (χ1n) is 17.7. The van der Waals surface area contributed by atoms with Gasteiger partial charge >= 0.3 is 11.9 Å². The number of hydrogen-bond acceptors (Lipinski definition) is 8. The summed E-state index contributed by atoms with van der Waals surface area (Å²) in [5, 5.41) is 30.5. The fourth-order valence-electron chi connectivity index (χ4n) is 5.79. The lowest BCUT2D eigenvalue weighted by Gasteiger charge is -2.19. The molecule has 0 amide bonds. The molecule has 0 aromatic rings. The molecule has 44 heavy (non-hydrogen) atoms. The number of unbranched alkanes of at least 4 members (excludes halogenated alkanes) is 10. The molecular formula is C36H64O8. The Labute approximate surface area is 267 Å². The van der Waals surface area contributed by atoms with E-state index in [1.165, 1.54) is 32.1 Å². The van der Waals surface area contributed by atoms with Crippen LogP contribution in [0.3, 0.4) is 0 Å². The first kappa shape index (κ1) is 40.3. The van der Waals surface area contributed by atoms with E-state index in [-0.39, 0.29) is 55.6 Å². The zero-order chi connectivity index (χ0) is 32.6. The summed E-state index contributed by atoms with van der Waals surface area (Å²) in [5.74, 6) is -0.347. The molecule has 0 spiro atoms. The number of ketones is 1. The Bertz CT molecular complexity index is 797. The van der Waals surface area contributed by atoms with Gasteiger partial charge in [0.2, 0.25) is 0 Å². The first-order valence-corrected chi connectivity index (χ1v) is 17.7. The Balaban J connectivity index is 2.08. The van der Waals surface area contributed by atoms with Gasteiger partial charge in [0.1, 0.15) is 25.1 Å². The lowest BCUT2D eigenvalue weighted by molar-refractivity contribution is -0.152. The van der Waals surface area contributed by atoms with Crippen molar-refractivity contribution in [3.8, 4) is 0 Å². The highest BCUT2D eigenvalue weighted by atomic mass is 16.6. The normalized spacial score (nSPS) is 20.6. The maximum atomic E-state index is 12.4. The van der Waals surface area contributed by atoms with Crippen molar-refractivity contribution in [2.45, 2.75) is 167 Å². The molecule has 0 aromatic carbocycles. The number of esters is 2. The Morgan fingerprint density at radius 2 is 1.36 bits per heavy atom. The van der Waals surface area contributed by atoms with Crippen LogP contribution in [0.25, 0.3) is 0 Å². The van der Waals surface area contributed by atoms with Crippen LogP contribution in [0.5, 0.6) is 0 Å². The van der Waals surface area contributed by atoms with Crippen LogP contribution >= 0.6 is 0 Å². The largest absolute Gasteiger partial charge is 0.463 e. The predicted molar refractivity (Wildman–Crippen MR) is 174 cm³/mol. The van der Waals surface area contributed by atoms with Crippen LogP contribution in [0.2, 0.25) is 0 Å². The molecule has 6 atom stereocenters. The monoisotopic (exact) mass is 624 g/mol. The van der Waals surface area contributed by atoms with Crippen molar-refractivity contribution >= 4 is 17.7 Å². The van der Waals surface area contributed by atoms with Crippen molar-refractivity contribution in [2.24, 2.45) is 17.8 Å². The molecule has 1 aliphatic carbocycles. The maximum Gasteiger partial charge on any atom is 0.305 e. The number of rotatable bonds is 27. The van der Waals surface area contributed by atoms with E-state index < -0.39 is 18.3 Å². The van der Waals surface area contributed by atoms with Crippen LogP contribution in [0.4, 0.5) is 0 Å². The number of carbonyl (C=O) groups is 3. The van der Waals surface area contributed by atoms with Crippen molar-refractivity contribution in [3.63, 3.8) is 0 Å². The zero-order valence-electron chi connectivity index (χ0n) is 28.1. The average Bonchev–Trinajstić information content (AvgIpc) is 3.27. The average molecular weight is 625 g/mol. The molecule has 0 saturated heterocycles. The van der Waals surface area contributed by atoms with Gasteiger partial charge in [0.25, 0.3) is 0 Å². The molecule has 8 nitrogen and oxygen atoms in total. The van der Waals surface area contributed by atoms with Gasteiger partial charge in [-0.2, -0.15) is 0 Å². The number of aliphatic hydroxyl groups excluding tert-OH is 3. The van der Waals surface area contributed by atoms with E-state index in [0.717, 1.165) is 70.1 Å². The minimum Gasteiger partial charge on any atom is -0.463 e. The third kappa shape index (κ3) is 19.6. The lowest BCUT2D eigenvalue weighted by atomic mass is 9.88. The zero-order valence-corrected chi connectivity index (χ0v) is 28.1. The molecule has 0 radical (unpaired) electrons. The Morgan fingerprint density at radius 3 is 1.95 bits per heavy atom. The molecule has 0 aromatic heterocycles. The highest BCUT2D eigenvalue weighted by Gasteiger charge is 2.39. The lowest BCUT2D eigenvalue weighted by Crippen LogP contribution is -2.25. The van der Waals surface area contributed by atoms with Crippen LogP contribution in [0.1, 0.15) is 149 Å². The summed E-state index contributed by atoms with van der Waals surface area (Å²) in [6.45, 7) is 6.28. The standard InChI is InChI=1S/C36H64O8/c1-4-6-13-19-29(37)23-24-32-31(33(39)25-34(32)40)20-15-11-12-17-22-36(42)44-27-30(38)26-43-35(41)21-16-10-8-7-9-14-18-28(3)5-2/h23-24,28-33,37-39H,4-22,25-27H2,1-3H3/b24-23+/t28?,29-,30-,31+,32+,33-/m0/s1. The fourth-order valence-corrected chi connectivity index (χ4v) is 5.79. The first-order chi connectivity index (χ1) is 21.2. The van der Waals surface area contributed by atoms with Crippen LogP contribution in [0, 0.1) is 17.8 Å². The highest BCUT2D eigenvalue weighted by molar-refractivity contribution is 5.86. The van der Waals surface area contributed by atoms with Crippen LogP contribution in [-0.2, 0) is 23.9 Å². The number of allylic oxidation sites excluding steroid dienone is 1. The molecular weight excluding hydrogens is 560 g/mol. The van der Waals surface area contributed by atoms with Gasteiger partial charge in [0.05, 0.1) is 12.2 Å². The van der Waals surface area contributed by atoms with Gasteiger partial charge in [-0.1, -0.05) is 116 Å². The van der Waals surface area contributed by atoms with E-state index in [1.54, 1.807) is 12.2 Å². The molecule has 1 unspecified atom stereocenters. The van der Waals surface area contributed by atoms with Gasteiger partial charge in [-0.05, 0) is 37.5 Å². The van der Waals surface area contributed by atoms with Gasteiger partial charge < -0.3 is 24.8 Å². The summed E-state index contributed by atoms with van der Waals surface area (Å²) in [5.41, 5.74) is 0. The quantitative estimate of drug-likeness (QED) is 0.0506.